The normalized spacial score (nSPS) is 12.6. The van der Waals surface area contributed by atoms with E-state index in [4.69, 9.17) is 0 Å². The van der Waals surface area contributed by atoms with Gasteiger partial charge < -0.3 is 10.2 Å². The Morgan fingerprint density at radius 1 is 0.912 bits per heavy atom. The van der Waals surface area contributed by atoms with Gasteiger partial charge in [0.15, 0.2) is 0 Å². The van der Waals surface area contributed by atoms with Crippen molar-refractivity contribution >= 4 is 27.7 Å². The highest BCUT2D eigenvalue weighted by Gasteiger charge is 2.31. The van der Waals surface area contributed by atoms with Crippen LogP contribution in [0.4, 0.5) is 0 Å². The third kappa shape index (κ3) is 7.29. The van der Waals surface area contributed by atoms with Gasteiger partial charge >= 0.3 is 0 Å². The van der Waals surface area contributed by atoms with Crippen LogP contribution in [0.15, 0.2) is 83.3 Å². The van der Waals surface area contributed by atoms with E-state index in [0.717, 1.165) is 33.1 Å². The molecule has 0 heterocycles. The lowest BCUT2D eigenvalue weighted by Crippen LogP contribution is -2.52. The Labute approximate surface area is 211 Å². The molecule has 0 aromatic heterocycles. The van der Waals surface area contributed by atoms with Crippen LogP contribution in [0.25, 0.3) is 0 Å². The number of hydrogen-bond donors (Lipinski definition) is 1. The summed E-state index contributed by atoms with van der Waals surface area (Å²) in [4.78, 5) is 29.0. The lowest BCUT2D eigenvalue weighted by Gasteiger charge is -2.32. The fourth-order valence-corrected chi connectivity index (χ4v) is 4.12. The summed E-state index contributed by atoms with van der Waals surface area (Å²) in [7, 11) is 0. The summed E-state index contributed by atoms with van der Waals surface area (Å²) in [6.45, 7) is 6.41. The number of amides is 2. The molecule has 0 radical (unpaired) electrons. The summed E-state index contributed by atoms with van der Waals surface area (Å²) >= 11 is 3.48. The van der Waals surface area contributed by atoms with Gasteiger partial charge in [-0.1, -0.05) is 89.6 Å². The smallest absolute Gasteiger partial charge is 0.243 e. The molecule has 2 amide bonds. The summed E-state index contributed by atoms with van der Waals surface area (Å²) in [5.74, 6) is -0.175. The Bertz CT molecular complexity index is 1080. The van der Waals surface area contributed by atoms with Gasteiger partial charge in [0, 0.05) is 23.5 Å². The number of nitrogens with one attached hydrogen (secondary N) is 1. The van der Waals surface area contributed by atoms with Crippen molar-refractivity contribution in [2.45, 2.75) is 58.7 Å². The molecular formula is C29H33BrN2O2. The number of rotatable bonds is 10. The molecule has 3 rings (SSSR count). The molecule has 0 unspecified atom stereocenters. The van der Waals surface area contributed by atoms with Gasteiger partial charge in [-0.25, -0.2) is 0 Å². The molecule has 0 aliphatic rings. The van der Waals surface area contributed by atoms with E-state index in [-0.39, 0.29) is 24.3 Å². The van der Waals surface area contributed by atoms with E-state index in [2.05, 4.69) is 21.2 Å². The van der Waals surface area contributed by atoms with E-state index < -0.39 is 6.04 Å². The summed E-state index contributed by atoms with van der Waals surface area (Å²) in [5, 5.41) is 3.12. The third-order valence-corrected chi connectivity index (χ3v) is 6.67. The van der Waals surface area contributed by atoms with Gasteiger partial charge in [-0.15, -0.1) is 0 Å². The van der Waals surface area contributed by atoms with Gasteiger partial charge in [-0.05, 0) is 54.7 Å². The molecule has 34 heavy (non-hydrogen) atoms. The van der Waals surface area contributed by atoms with Crippen molar-refractivity contribution in [3.8, 4) is 0 Å². The molecule has 0 aliphatic heterocycles. The maximum Gasteiger partial charge on any atom is 0.243 e. The Balaban J connectivity index is 1.97. The highest BCUT2D eigenvalue weighted by Crippen LogP contribution is 2.19. The molecule has 2 atom stereocenters. The summed E-state index contributed by atoms with van der Waals surface area (Å²) in [5.41, 5.74) is 4.06. The van der Waals surface area contributed by atoms with Crippen LogP contribution >= 0.6 is 15.9 Å². The highest BCUT2D eigenvalue weighted by molar-refractivity contribution is 9.10. The minimum Gasteiger partial charge on any atom is -0.352 e. The second-order valence-electron chi connectivity index (χ2n) is 8.77. The van der Waals surface area contributed by atoms with E-state index in [9.17, 15) is 9.59 Å². The number of carbonyl (C=O) groups is 2. The molecule has 178 valence electrons. The maximum atomic E-state index is 13.8. The maximum absolute atomic E-state index is 13.8. The van der Waals surface area contributed by atoms with Gasteiger partial charge in [0.2, 0.25) is 11.8 Å². The predicted molar refractivity (Wildman–Crippen MR) is 141 cm³/mol. The fraction of sp³-hybridized carbons (Fsp3) is 0.310. The number of nitrogens with zero attached hydrogens (tertiary/aromatic N) is 1. The first kappa shape index (κ1) is 25.7. The predicted octanol–water partition coefficient (Wildman–Crippen LogP) is 5.85. The molecule has 3 aromatic rings. The van der Waals surface area contributed by atoms with Crippen LogP contribution in [-0.2, 0) is 29.0 Å². The van der Waals surface area contributed by atoms with Crippen molar-refractivity contribution in [2.75, 3.05) is 0 Å². The molecule has 3 aromatic carbocycles. The zero-order valence-electron chi connectivity index (χ0n) is 20.1. The summed E-state index contributed by atoms with van der Waals surface area (Å²) < 4.78 is 0.976. The summed E-state index contributed by atoms with van der Waals surface area (Å²) in [6, 6.07) is 25.1. The SMILES string of the molecule is CC[C@@H](C)NC(=O)[C@@H](Cc1ccccc1)N(Cc1ccc(Br)cc1)C(=O)Cc1ccccc1C. The Morgan fingerprint density at radius 3 is 2.21 bits per heavy atom. The van der Waals surface area contributed by atoms with Crippen molar-refractivity contribution in [3.05, 3.63) is 106 Å². The average molecular weight is 521 g/mol. The molecule has 0 aliphatic carbocycles. The lowest BCUT2D eigenvalue weighted by molar-refractivity contribution is -0.141. The van der Waals surface area contributed by atoms with E-state index in [0.29, 0.717) is 13.0 Å². The van der Waals surface area contributed by atoms with Crippen molar-refractivity contribution in [1.29, 1.82) is 0 Å². The zero-order chi connectivity index (χ0) is 24.5. The first-order valence-electron chi connectivity index (χ1n) is 11.8. The molecule has 1 N–H and O–H groups in total. The van der Waals surface area contributed by atoms with Crippen LogP contribution in [0.5, 0.6) is 0 Å². The molecule has 5 heteroatoms. The largest absolute Gasteiger partial charge is 0.352 e. The minimum atomic E-state index is -0.614. The standard InChI is InChI=1S/C29H33BrN2O2/c1-4-22(3)31-29(34)27(18-23-11-6-5-7-12-23)32(20-24-14-16-26(30)17-15-24)28(33)19-25-13-9-8-10-21(25)2/h5-17,22,27H,4,18-20H2,1-3H3,(H,31,34)/t22-,27-/m1/s1. The van der Waals surface area contributed by atoms with E-state index >= 15 is 0 Å². The average Bonchev–Trinajstić information content (AvgIpc) is 2.84. The lowest BCUT2D eigenvalue weighted by atomic mass is 10.00. The molecule has 0 saturated heterocycles. The molecule has 0 saturated carbocycles. The Morgan fingerprint density at radius 2 is 1.56 bits per heavy atom. The Hall–Kier alpha value is -2.92. The van der Waals surface area contributed by atoms with Crippen LogP contribution in [0.3, 0.4) is 0 Å². The fourth-order valence-electron chi connectivity index (χ4n) is 3.85. The van der Waals surface area contributed by atoms with Crippen LogP contribution in [0, 0.1) is 6.92 Å². The first-order chi connectivity index (χ1) is 16.4. The van der Waals surface area contributed by atoms with E-state index in [1.54, 1.807) is 4.90 Å². The number of benzene rings is 3. The minimum absolute atomic E-state index is 0.0340. The first-order valence-corrected chi connectivity index (χ1v) is 12.6. The van der Waals surface area contributed by atoms with Crippen molar-refractivity contribution < 1.29 is 9.59 Å². The number of aryl methyl sites for hydroxylation is 1. The van der Waals surface area contributed by atoms with Gasteiger partial charge in [0.05, 0.1) is 6.42 Å². The van der Waals surface area contributed by atoms with Gasteiger partial charge in [0.1, 0.15) is 6.04 Å². The highest BCUT2D eigenvalue weighted by atomic mass is 79.9. The molecule has 0 fully saturated rings. The number of hydrogen-bond acceptors (Lipinski definition) is 2. The quantitative estimate of drug-likeness (QED) is 0.364. The number of carbonyl (C=O) groups excluding carboxylic acids is 2. The van der Waals surface area contributed by atoms with Crippen molar-refractivity contribution in [3.63, 3.8) is 0 Å². The van der Waals surface area contributed by atoms with Crippen molar-refractivity contribution in [2.24, 2.45) is 0 Å². The molecule has 4 nitrogen and oxygen atoms in total. The van der Waals surface area contributed by atoms with Crippen LogP contribution in [0.1, 0.15) is 42.5 Å². The molecule has 0 spiro atoms. The van der Waals surface area contributed by atoms with Gasteiger partial charge in [0.25, 0.3) is 0 Å². The van der Waals surface area contributed by atoms with E-state index in [1.807, 2.05) is 99.6 Å². The molecule has 0 bridgehead atoms. The summed E-state index contributed by atoms with van der Waals surface area (Å²) in [6.07, 6.45) is 1.54. The second-order valence-corrected chi connectivity index (χ2v) is 9.69. The topological polar surface area (TPSA) is 49.4 Å². The van der Waals surface area contributed by atoms with E-state index in [1.165, 1.54) is 0 Å². The monoisotopic (exact) mass is 520 g/mol. The van der Waals surface area contributed by atoms with Crippen molar-refractivity contribution in [1.82, 2.24) is 10.2 Å². The number of halogens is 1. The third-order valence-electron chi connectivity index (χ3n) is 6.14. The van der Waals surface area contributed by atoms with Crippen LogP contribution < -0.4 is 5.32 Å². The second kappa shape index (κ2) is 12.5. The van der Waals surface area contributed by atoms with Gasteiger partial charge in [-0.2, -0.15) is 0 Å². The van der Waals surface area contributed by atoms with Crippen LogP contribution in [-0.4, -0.2) is 28.8 Å². The van der Waals surface area contributed by atoms with Gasteiger partial charge in [-0.3, -0.25) is 9.59 Å². The molecular weight excluding hydrogens is 488 g/mol. The zero-order valence-corrected chi connectivity index (χ0v) is 21.7. The Kier molecular flexibility index (Phi) is 9.46. The van der Waals surface area contributed by atoms with Crippen LogP contribution in [0.2, 0.25) is 0 Å².